The monoisotopic (exact) mass is 272 g/mol. The fourth-order valence-corrected chi connectivity index (χ4v) is 2.13. The minimum absolute atomic E-state index is 0.214. The third kappa shape index (κ3) is 3.84. The normalized spacial score (nSPS) is 12.2. The van der Waals surface area contributed by atoms with E-state index >= 15 is 0 Å². The van der Waals surface area contributed by atoms with Gasteiger partial charge in [-0.2, -0.15) is 0 Å². The van der Waals surface area contributed by atoms with E-state index in [1.165, 1.54) is 0 Å². The van der Waals surface area contributed by atoms with Gasteiger partial charge in [0.2, 0.25) is 0 Å². The average Bonchev–Trinajstić information content (AvgIpc) is 2.28. The summed E-state index contributed by atoms with van der Waals surface area (Å²) in [5, 5.41) is 3.91. The van der Waals surface area contributed by atoms with Crippen molar-refractivity contribution in [3.8, 4) is 0 Å². The van der Waals surface area contributed by atoms with Gasteiger partial charge in [-0.05, 0) is 18.6 Å². The van der Waals surface area contributed by atoms with Crippen LogP contribution < -0.4 is 11.1 Å². The number of hydrogen-bond acceptors (Lipinski definition) is 3. The highest BCUT2D eigenvalue weighted by atomic mass is 35.5. The zero-order chi connectivity index (χ0) is 12.8. The molecule has 0 spiro atoms. The average molecular weight is 273 g/mol. The summed E-state index contributed by atoms with van der Waals surface area (Å²) in [7, 11) is 1.68. The van der Waals surface area contributed by atoms with E-state index in [0.717, 1.165) is 12.1 Å². The van der Waals surface area contributed by atoms with Crippen LogP contribution in [0.4, 0.5) is 5.69 Å². The Morgan fingerprint density at radius 2 is 2.29 bits per heavy atom. The Balaban J connectivity index is 2.97. The molecule has 17 heavy (non-hydrogen) atoms. The summed E-state index contributed by atoms with van der Waals surface area (Å²) in [5.41, 5.74) is 7.23. The van der Waals surface area contributed by atoms with Crippen LogP contribution in [0.3, 0.4) is 0 Å². The minimum atomic E-state index is 0.214. The van der Waals surface area contributed by atoms with Gasteiger partial charge in [-0.15, -0.1) is 0 Å². The Morgan fingerprint density at radius 3 is 2.82 bits per heavy atom. The number of rotatable bonds is 6. The second-order valence-corrected chi connectivity index (χ2v) is 4.58. The molecule has 1 rings (SSSR count). The Kier molecular flexibility index (Phi) is 5.68. The molecule has 0 saturated heterocycles. The number of halogens is 1. The van der Waals surface area contributed by atoms with Crippen molar-refractivity contribution < 1.29 is 4.74 Å². The summed E-state index contributed by atoms with van der Waals surface area (Å²) >= 11 is 11.1. The van der Waals surface area contributed by atoms with Crippen LogP contribution in [0.1, 0.15) is 18.9 Å². The molecule has 3 nitrogen and oxygen atoms in total. The van der Waals surface area contributed by atoms with E-state index in [-0.39, 0.29) is 6.04 Å². The lowest BCUT2D eigenvalue weighted by molar-refractivity contribution is 0.184. The number of nitrogens with two attached hydrogens (primary N) is 1. The Bertz CT molecular complexity index is 398. The predicted octanol–water partition coefficient (Wildman–Crippen LogP) is 2.81. The van der Waals surface area contributed by atoms with Crippen LogP contribution in [-0.4, -0.2) is 24.7 Å². The van der Waals surface area contributed by atoms with Crippen molar-refractivity contribution in [2.75, 3.05) is 19.0 Å². The van der Waals surface area contributed by atoms with Gasteiger partial charge in [0.25, 0.3) is 0 Å². The molecular weight excluding hydrogens is 256 g/mol. The van der Waals surface area contributed by atoms with E-state index in [4.69, 9.17) is 34.3 Å². The summed E-state index contributed by atoms with van der Waals surface area (Å²) in [5.74, 6) is 0. The number of benzene rings is 1. The molecule has 0 heterocycles. The first-order valence-corrected chi connectivity index (χ1v) is 6.22. The van der Waals surface area contributed by atoms with E-state index in [1.54, 1.807) is 13.2 Å². The fraction of sp³-hybridized carbons (Fsp3) is 0.417. The number of nitrogens with one attached hydrogen (secondary N) is 1. The molecule has 0 fully saturated rings. The Labute approximate surface area is 112 Å². The van der Waals surface area contributed by atoms with Gasteiger partial charge in [0.15, 0.2) is 0 Å². The van der Waals surface area contributed by atoms with E-state index in [0.29, 0.717) is 22.2 Å². The van der Waals surface area contributed by atoms with Crippen LogP contribution in [0.25, 0.3) is 0 Å². The summed E-state index contributed by atoms with van der Waals surface area (Å²) < 4.78 is 5.14. The predicted molar refractivity (Wildman–Crippen MR) is 76.9 cm³/mol. The van der Waals surface area contributed by atoms with Gasteiger partial charge in [0.1, 0.15) is 4.99 Å². The summed E-state index contributed by atoms with van der Waals surface area (Å²) in [6.07, 6.45) is 0.942. The van der Waals surface area contributed by atoms with Crippen molar-refractivity contribution in [3.05, 3.63) is 28.8 Å². The van der Waals surface area contributed by atoms with Crippen molar-refractivity contribution in [2.45, 2.75) is 19.4 Å². The van der Waals surface area contributed by atoms with Gasteiger partial charge in [0, 0.05) is 18.8 Å². The van der Waals surface area contributed by atoms with Gasteiger partial charge < -0.3 is 15.8 Å². The maximum absolute atomic E-state index is 6.09. The Hall–Kier alpha value is -0.840. The lowest BCUT2D eigenvalue weighted by Crippen LogP contribution is -2.26. The van der Waals surface area contributed by atoms with Crippen LogP contribution >= 0.6 is 23.8 Å². The highest BCUT2D eigenvalue weighted by Gasteiger charge is 2.13. The molecule has 3 N–H and O–H groups in total. The molecule has 1 atom stereocenters. The quantitative estimate of drug-likeness (QED) is 0.782. The van der Waals surface area contributed by atoms with Crippen LogP contribution in [0.2, 0.25) is 5.02 Å². The molecule has 1 aromatic carbocycles. The SMILES string of the molecule is CCC(COC)Nc1cccc(Cl)c1C(N)=S. The number of ether oxygens (including phenoxy) is 1. The van der Waals surface area contributed by atoms with Crippen LogP contribution in [-0.2, 0) is 4.74 Å². The standard InChI is InChI=1S/C12H17ClN2OS/c1-3-8(7-16-2)15-10-6-4-5-9(13)11(10)12(14)17/h4-6,8,15H,3,7H2,1-2H3,(H2,14,17). The molecule has 5 heteroatoms. The molecule has 1 aromatic rings. The highest BCUT2D eigenvalue weighted by molar-refractivity contribution is 7.80. The number of hydrogen-bond donors (Lipinski definition) is 2. The van der Waals surface area contributed by atoms with E-state index in [1.807, 2.05) is 12.1 Å². The third-order valence-electron chi connectivity index (χ3n) is 2.48. The molecule has 0 amide bonds. The molecule has 0 bridgehead atoms. The van der Waals surface area contributed by atoms with Gasteiger partial charge in [-0.3, -0.25) is 0 Å². The summed E-state index contributed by atoms with van der Waals surface area (Å²) in [6.45, 7) is 2.71. The second-order valence-electron chi connectivity index (χ2n) is 3.73. The molecule has 1 unspecified atom stereocenters. The topological polar surface area (TPSA) is 47.3 Å². The smallest absolute Gasteiger partial charge is 0.107 e. The van der Waals surface area contributed by atoms with Gasteiger partial charge >= 0.3 is 0 Å². The summed E-state index contributed by atoms with van der Waals surface area (Å²) in [6, 6.07) is 5.77. The first kappa shape index (κ1) is 14.2. The Morgan fingerprint density at radius 1 is 1.59 bits per heavy atom. The van der Waals surface area contributed by atoms with Crippen molar-refractivity contribution in [1.29, 1.82) is 0 Å². The molecule has 0 saturated carbocycles. The molecular formula is C12H17ClN2OS. The highest BCUT2D eigenvalue weighted by Crippen LogP contribution is 2.25. The van der Waals surface area contributed by atoms with E-state index in [9.17, 15) is 0 Å². The van der Waals surface area contributed by atoms with Gasteiger partial charge in [0.05, 0.1) is 17.2 Å². The number of anilines is 1. The van der Waals surface area contributed by atoms with Gasteiger partial charge in [-0.1, -0.05) is 36.8 Å². The molecule has 0 aromatic heterocycles. The maximum atomic E-state index is 6.09. The molecule has 94 valence electrons. The molecule has 0 aliphatic carbocycles. The van der Waals surface area contributed by atoms with E-state index in [2.05, 4.69) is 12.2 Å². The minimum Gasteiger partial charge on any atom is -0.389 e. The van der Waals surface area contributed by atoms with Crippen LogP contribution in [0, 0.1) is 0 Å². The van der Waals surface area contributed by atoms with Crippen molar-refractivity contribution in [3.63, 3.8) is 0 Å². The molecule has 0 aliphatic rings. The van der Waals surface area contributed by atoms with Crippen LogP contribution in [0.5, 0.6) is 0 Å². The number of thiocarbonyl (C=S) groups is 1. The zero-order valence-electron chi connectivity index (χ0n) is 10.00. The first-order chi connectivity index (χ1) is 8.10. The van der Waals surface area contributed by atoms with Crippen LogP contribution in [0.15, 0.2) is 18.2 Å². The van der Waals surface area contributed by atoms with Crippen molar-refractivity contribution >= 4 is 34.5 Å². The summed E-state index contributed by atoms with van der Waals surface area (Å²) in [4.78, 5) is 0.297. The fourth-order valence-electron chi connectivity index (χ4n) is 1.58. The van der Waals surface area contributed by atoms with Gasteiger partial charge in [-0.25, -0.2) is 0 Å². The second kappa shape index (κ2) is 6.79. The molecule has 0 radical (unpaired) electrons. The maximum Gasteiger partial charge on any atom is 0.107 e. The zero-order valence-corrected chi connectivity index (χ0v) is 11.6. The van der Waals surface area contributed by atoms with Crippen molar-refractivity contribution in [1.82, 2.24) is 0 Å². The largest absolute Gasteiger partial charge is 0.389 e. The number of methoxy groups -OCH3 is 1. The van der Waals surface area contributed by atoms with E-state index < -0.39 is 0 Å². The lowest BCUT2D eigenvalue weighted by atomic mass is 10.1. The lowest BCUT2D eigenvalue weighted by Gasteiger charge is -2.20. The molecule has 0 aliphatic heterocycles. The third-order valence-corrected chi connectivity index (χ3v) is 3.00. The first-order valence-electron chi connectivity index (χ1n) is 5.44. The van der Waals surface area contributed by atoms with Crippen molar-refractivity contribution in [2.24, 2.45) is 5.73 Å².